The first-order chi connectivity index (χ1) is 11.3. The molecule has 0 N–H and O–H groups in total. The second kappa shape index (κ2) is 7.32. The first kappa shape index (κ1) is 15.6. The fraction of sp³-hybridized carbons (Fsp3) is 0.350. The normalized spacial score (nSPS) is 19.2. The highest BCUT2D eigenvalue weighted by molar-refractivity contribution is 5.69. The number of hydrogen-bond acceptors (Lipinski definition) is 3. The molecule has 2 aromatic carbocycles. The molecule has 3 heteroatoms. The third-order valence-corrected chi connectivity index (χ3v) is 4.03. The number of ether oxygens (including phenoxy) is 2. The van der Waals surface area contributed by atoms with E-state index < -0.39 is 0 Å². The van der Waals surface area contributed by atoms with Gasteiger partial charge in [0.2, 0.25) is 0 Å². The first-order valence-corrected chi connectivity index (χ1v) is 8.22. The van der Waals surface area contributed by atoms with Gasteiger partial charge < -0.3 is 9.47 Å². The van der Waals surface area contributed by atoms with E-state index in [1.54, 1.807) is 0 Å². The van der Waals surface area contributed by atoms with E-state index in [0.29, 0.717) is 18.9 Å². The minimum absolute atomic E-state index is 0.0603. The molecule has 1 fully saturated rings. The van der Waals surface area contributed by atoms with Gasteiger partial charge in [0.05, 0.1) is 0 Å². The summed E-state index contributed by atoms with van der Waals surface area (Å²) >= 11 is 0. The molecule has 0 saturated heterocycles. The quantitative estimate of drug-likeness (QED) is 0.708. The van der Waals surface area contributed by atoms with Gasteiger partial charge in [-0.15, -0.1) is 0 Å². The summed E-state index contributed by atoms with van der Waals surface area (Å²) < 4.78 is 11.2. The van der Waals surface area contributed by atoms with Gasteiger partial charge in [-0.1, -0.05) is 49.4 Å². The molecule has 0 spiro atoms. The molecule has 2 atom stereocenters. The summed E-state index contributed by atoms with van der Waals surface area (Å²) in [6.45, 7) is 2.56. The molecule has 2 unspecified atom stereocenters. The van der Waals surface area contributed by atoms with Crippen molar-refractivity contribution in [3.8, 4) is 5.75 Å². The van der Waals surface area contributed by atoms with Crippen LogP contribution in [-0.2, 0) is 16.1 Å². The van der Waals surface area contributed by atoms with Crippen LogP contribution in [0, 0.1) is 0 Å². The number of benzene rings is 2. The van der Waals surface area contributed by atoms with Crippen LogP contribution in [0.15, 0.2) is 54.6 Å². The molecule has 0 bridgehead atoms. The summed E-state index contributed by atoms with van der Waals surface area (Å²) in [6, 6.07) is 18.2. The SMILES string of the molecule is CCCC(=O)OC1CC1c1ccc(OCc2ccccc2)cc1. The Bertz CT molecular complexity index is 634. The van der Waals surface area contributed by atoms with E-state index in [0.717, 1.165) is 24.2 Å². The highest BCUT2D eigenvalue weighted by atomic mass is 16.5. The zero-order valence-corrected chi connectivity index (χ0v) is 13.4. The minimum atomic E-state index is -0.0807. The number of carbonyl (C=O) groups is 1. The van der Waals surface area contributed by atoms with Crippen LogP contribution in [0.25, 0.3) is 0 Å². The van der Waals surface area contributed by atoms with Gasteiger partial charge in [-0.2, -0.15) is 0 Å². The lowest BCUT2D eigenvalue weighted by Gasteiger charge is -2.07. The average Bonchev–Trinajstić information content (AvgIpc) is 3.33. The number of hydrogen-bond donors (Lipinski definition) is 0. The molecule has 3 rings (SSSR count). The Hall–Kier alpha value is -2.29. The molecule has 2 aromatic rings. The zero-order valence-electron chi connectivity index (χ0n) is 13.4. The maximum absolute atomic E-state index is 11.5. The van der Waals surface area contributed by atoms with E-state index in [2.05, 4.69) is 12.1 Å². The van der Waals surface area contributed by atoms with Crippen LogP contribution in [0.1, 0.15) is 43.2 Å². The van der Waals surface area contributed by atoms with Crippen LogP contribution >= 0.6 is 0 Å². The van der Waals surface area contributed by atoms with Crippen molar-refractivity contribution in [3.63, 3.8) is 0 Å². The standard InChI is InChI=1S/C20H22O3/c1-2-6-20(21)23-19-13-18(19)16-9-11-17(12-10-16)22-14-15-7-4-3-5-8-15/h3-5,7-12,18-19H,2,6,13-14H2,1H3. The largest absolute Gasteiger partial charge is 0.489 e. The van der Waals surface area contributed by atoms with Crippen LogP contribution < -0.4 is 4.74 Å². The first-order valence-electron chi connectivity index (χ1n) is 8.22. The highest BCUT2D eigenvalue weighted by Gasteiger charge is 2.41. The maximum atomic E-state index is 11.5. The molecule has 0 aromatic heterocycles. The molecule has 0 heterocycles. The fourth-order valence-corrected chi connectivity index (χ4v) is 2.64. The minimum Gasteiger partial charge on any atom is -0.489 e. The van der Waals surface area contributed by atoms with Crippen molar-refractivity contribution in [2.75, 3.05) is 0 Å². The number of esters is 1. The van der Waals surface area contributed by atoms with Gasteiger partial charge in [0.15, 0.2) is 0 Å². The molecule has 3 nitrogen and oxygen atoms in total. The summed E-state index contributed by atoms with van der Waals surface area (Å²) in [5.41, 5.74) is 2.37. The van der Waals surface area contributed by atoms with Crippen molar-refractivity contribution in [1.82, 2.24) is 0 Å². The summed E-state index contributed by atoms with van der Waals surface area (Å²) in [5.74, 6) is 1.12. The molecule has 120 valence electrons. The Labute approximate surface area is 137 Å². The highest BCUT2D eigenvalue weighted by Crippen LogP contribution is 2.43. The third-order valence-electron chi connectivity index (χ3n) is 4.03. The lowest BCUT2D eigenvalue weighted by molar-refractivity contribution is -0.145. The van der Waals surface area contributed by atoms with Crippen molar-refractivity contribution >= 4 is 5.97 Å². The second-order valence-electron chi connectivity index (χ2n) is 5.96. The Balaban J connectivity index is 1.49. The van der Waals surface area contributed by atoms with E-state index >= 15 is 0 Å². The summed E-state index contributed by atoms with van der Waals surface area (Å²) in [7, 11) is 0. The van der Waals surface area contributed by atoms with E-state index in [-0.39, 0.29) is 12.1 Å². The molecule has 0 aliphatic heterocycles. The summed E-state index contributed by atoms with van der Waals surface area (Å²) in [4.78, 5) is 11.5. The lowest BCUT2D eigenvalue weighted by atomic mass is 10.1. The van der Waals surface area contributed by atoms with Crippen LogP contribution in [0.3, 0.4) is 0 Å². The predicted molar refractivity (Wildman–Crippen MR) is 89.4 cm³/mol. The van der Waals surface area contributed by atoms with E-state index in [4.69, 9.17) is 9.47 Å². The number of rotatable bonds is 7. The van der Waals surface area contributed by atoms with Crippen LogP contribution in [0.5, 0.6) is 5.75 Å². The molecule has 1 aliphatic rings. The van der Waals surface area contributed by atoms with Crippen molar-refractivity contribution in [2.24, 2.45) is 0 Å². The van der Waals surface area contributed by atoms with Crippen molar-refractivity contribution in [1.29, 1.82) is 0 Å². The van der Waals surface area contributed by atoms with Crippen molar-refractivity contribution in [3.05, 3.63) is 65.7 Å². The van der Waals surface area contributed by atoms with Crippen molar-refractivity contribution < 1.29 is 14.3 Å². The topological polar surface area (TPSA) is 35.5 Å². The average molecular weight is 310 g/mol. The molecular weight excluding hydrogens is 288 g/mol. The van der Waals surface area contributed by atoms with Crippen LogP contribution in [-0.4, -0.2) is 12.1 Å². The molecule has 23 heavy (non-hydrogen) atoms. The second-order valence-corrected chi connectivity index (χ2v) is 5.96. The number of carbonyl (C=O) groups excluding carboxylic acids is 1. The fourth-order valence-electron chi connectivity index (χ4n) is 2.64. The third kappa shape index (κ3) is 4.35. The molecule has 1 aliphatic carbocycles. The predicted octanol–water partition coefficient (Wildman–Crippen LogP) is 4.46. The molecular formula is C20H22O3. The van der Waals surface area contributed by atoms with Gasteiger partial charge in [0.1, 0.15) is 18.5 Å². The Morgan fingerprint density at radius 3 is 2.52 bits per heavy atom. The van der Waals surface area contributed by atoms with Crippen LogP contribution in [0.2, 0.25) is 0 Å². The van der Waals surface area contributed by atoms with Crippen molar-refractivity contribution in [2.45, 2.75) is 44.8 Å². The van der Waals surface area contributed by atoms with Crippen LogP contribution in [0.4, 0.5) is 0 Å². The van der Waals surface area contributed by atoms with Gasteiger partial charge in [0.25, 0.3) is 0 Å². The maximum Gasteiger partial charge on any atom is 0.306 e. The van der Waals surface area contributed by atoms with Gasteiger partial charge >= 0.3 is 5.97 Å². The smallest absolute Gasteiger partial charge is 0.306 e. The molecule has 0 amide bonds. The Kier molecular flexibility index (Phi) is 4.96. The van der Waals surface area contributed by atoms with E-state index in [9.17, 15) is 4.79 Å². The zero-order chi connectivity index (χ0) is 16.1. The molecule has 0 radical (unpaired) electrons. The lowest BCUT2D eigenvalue weighted by Crippen LogP contribution is -2.06. The van der Waals surface area contributed by atoms with Gasteiger partial charge in [-0.3, -0.25) is 4.79 Å². The van der Waals surface area contributed by atoms with E-state index in [1.807, 2.05) is 49.4 Å². The van der Waals surface area contributed by atoms with E-state index in [1.165, 1.54) is 5.56 Å². The monoisotopic (exact) mass is 310 g/mol. The van der Waals surface area contributed by atoms with Gasteiger partial charge in [-0.05, 0) is 36.1 Å². The van der Waals surface area contributed by atoms with Gasteiger partial charge in [0, 0.05) is 12.3 Å². The Morgan fingerprint density at radius 1 is 1.09 bits per heavy atom. The summed E-state index contributed by atoms with van der Waals surface area (Å²) in [6.07, 6.45) is 2.34. The van der Waals surface area contributed by atoms with Gasteiger partial charge in [-0.25, -0.2) is 0 Å². The summed E-state index contributed by atoms with van der Waals surface area (Å²) in [5, 5.41) is 0. The Morgan fingerprint density at radius 2 is 1.83 bits per heavy atom. The molecule has 1 saturated carbocycles.